The lowest BCUT2D eigenvalue weighted by Crippen LogP contribution is -2.12. The van der Waals surface area contributed by atoms with Gasteiger partial charge in [0.15, 0.2) is 0 Å². The van der Waals surface area contributed by atoms with Crippen LogP contribution < -0.4 is 0 Å². The lowest BCUT2D eigenvalue weighted by molar-refractivity contribution is 0.0550. The van der Waals surface area contributed by atoms with Gasteiger partial charge in [-0.25, -0.2) is 0 Å². The van der Waals surface area contributed by atoms with Crippen molar-refractivity contribution in [3.63, 3.8) is 0 Å². The minimum atomic E-state index is 0.0516. The minimum absolute atomic E-state index is 0.0516. The highest BCUT2D eigenvalue weighted by Crippen LogP contribution is 2.04. The number of methoxy groups -OCH3 is 1. The molecule has 1 rings (SSSR count). The third-order valence-corrected chi connectivity index (χ3v) is 2.45. The second-order valence-electron chi connectivity index (χ2n) is 3.86. The Balaban J connectivity index is 2.03. The molecule has 0 aliphatic carbocycles. The van der Waals surface area contributed by atoms with Crippen molar-refractivity contribution in [3.8, 4) is 0 Å². The van der Waals surface area contributed by atoms with Crippen LogP contribution in [0.1, 0.15) is 18.4 Å². The number of ether oxygens (including phenoxy) is 2. The highest BCUT2D eigenvalue weighted by atomic mass is 16.5. The van der Waals surface area contributed by atoms with Gasteiger partial charge in [-0.2, -0.15) is 0 Å². The smallest absolute Gasteiger partial charge is 0.0598 e. The Morgan fingerprint density at radius 3 is 2.62 bits per heavy atom. The molecule has 0 aromatic heterocycles. The summed E-state index contributed by atoms with van der Waals surface area (Å²) in [4.78, 5) is 0. The van der Waals surface area contributed by atoms with Gasteiger partial charge in [0.05, 0.1) is 6.10 Å². The molecule has 16 heavy (non-hydrogen) atoms. The van der Waals surface area contributed by atoms with Crippen LogP contribution in [0, 0.1) is 6.92 Å². The van der Waals surface area contributed by atoms with E-state index in [2.05, 4.69) is 31.2 Å². The van der Waals surface area contributed by atoms with Gasteiger partial charge in [-0.05, 0) is 31.7 Å². The molecule has 0 spiro atoms. The molecule has 0 aliphatic heterocycles. The normalized spacial score (nSPS) is 12.6. The Hall–Kier alpha value is -0.860. The van der Waals surface area contributed by atoms with Gasteiger partial charge < -0.3 is 9.47 Å². The molecule has 0 amide bonds. The average molecular weight is 221 g/mol. The highest BCUT2D eigenvalue weighted by Gasteiger charge is 2.01. The van der Waals surface area contributed by atoms with Gasteiger partial charge in [0.1, 0.15) is 0 Å². The molecule has 1 unspecified atom stereocenters. The van der Waals surface area contributed by atoms with Crippen LogP contribution in [0.5, 0.6) is 0 Å². The van der Waals surface area contributed by atoms with Crippen molar-refractivity contribution in [2.45, 2.75) is 25.4 Å². The van der Waals surface area contributed by atoms with Crippen molar-refractivity contribution < 1.29 is 9.47 Å². The lowest BCUT2D eigenvalue weighted by atomic mass is 10.1. The van der Waals surface area contributed by atoms with Crippen LogP contribution in [0.15, 0.2) is 30.3 Å². The standard InChI is InChI=1S/C14H21O2/c1-13(10-12-15-2)16-11-6-9-14-7-4-3-5-8-14/h3-5,7-8,13H,1,6,9-12H2,2H3. The fourth-order valence-corrected chi connectivity index (χ4v) is 1.50. The van der Waals surface area contributed by atoms with Crippen LogP contribution in [0.3, 0.4) is 0 Å². The first-order chi connectivity index (χ1) is 7.83. The van der Waals surface area contributed by atoms with Gasteiger partial charge in [-0.3, -0.25) is 0 Å². The van der Waals surface area contributed by atoms with Crippen LogP contribution >= 0.6 is 0 Å². The summed E-state index contributed by atoms with van der Waals surface area (Å²) in [5.41, 5.74) is 1.36. The second kappa shape index (κ2) is 8.31. The molecular weight excluding hydrogens is 200 g/mol. The molecule has 1 aromatic rings. The Bertz CT molecular complexity index is 259. The van der Waals surface area contributed by atoms with E-state index >= 15 is 0 Å². The van der Waals surface area contributed by atoms with Gasteiger partial charge >= 0.3 is 0 Å². The van der Waals surface area contributed by atoms with E-state index in [1.807, 2.05) is 6.07 Å². The first kappa shape index (κ1) is 13.2. The number of hydrogen-bond acceptors (Lipinski definition) is 2. The third kappa shape index (κ3) is 5.89. The van der Waals surface area contributed by atoms with Gasteiger partial charge in [0, 0.05) is 20.3 Å². The van der Waals surface area contributed by atoms with E-state index in [-0.39, 0.29) is 6.10 Å². The van der Waals surface area contributed by atoms with E-state index in [4.69, 9.17) is 9.47 Å². The largest absolute Gasteiger partial charge is 0.385 e. The molecule has 0 saturated heterocycles. The summed E-state index contributed by atoms with van der Waals surface area (Å²) in [6.45, 7) is 5.40. The predicted octanol–water partition coefficient (Wildman–Crippen LogP) is 2.87. The summed E-state index contributed by atoms with van der Waals surface area (Å²) >= 11 is 0. The summed E-state index contributed by atoms with van der Waals surface area (Å²) < 4.78 is 10.5. The summed E-state index contributed by atoms with van der Waals surface area (Å²) in [5.74, 6) is 0. The zero-order valence-corrected chi connectivity index (χ0v) is 10.0. The molecule has 1 radical (unpaired) electrons. The maximum absolute atomic E-state index is 5.57. The van der Waals surface area contributed by atoms with Crippen LogP contribution in [0.4, 0.5) is 0 Å². The SMILES string of the molecule is [CH2]C(CCOC)OCCCc1ccccc1. The average Bonchev–Trinajstić information content (AvgIpc) is 2.33. The number of benzene rings is 1. The van der Waals surface area contributed by atoms with Crippen LogP contribution in [0.2, 0.25) is 0 Å². The van der Waals surface area contributed by atoms with Gasteiger partial charge in [-0.15, -0.1) is 0 Å². The molecule has 0 heterocycles. The van der Waals surface area contributed by atoms with Crippen LogP contribution in [-0.4, -0.2) is 26.4 Å². The van der Waals surface area contributed by atoms with Crippen molar-refractivity contribution in [2.75, 3.05) is 20.3 Å². The first-order valence-electron chi connectivity index (χ1n) is 5.80. The van der Waals surface area contributed by atoms with E-state index in [9.17, 15) is 0 Å². The molecular formula is C14H21O2. The Kier molecular flexibility index (Phi) is 6.86. The molecule has 0 fully saturated rings. The van der Waals surface area contributed by atoms with E-state index in [0.717, 1.165) is 25.9 Å². The van der Waals surface area contributed by atoms with Gasteiger partial charge in [0.2, 0.25) is 0 Å². The van der Waals surface area contributed by atoms with Crippen molar-refractivity contribution in [1.82, 2.24) is 0 Å². The van der Waals surface area contributed by atoms with E-state index in [0.29, 0.717) is 6.61 Å². The number of rotatable bonds is 8. The fourth-order valence-electron chi connectivity index (χ4n) is 1.50. The van der Waals surface area contributed by atoms with E-state index in [1.54, 1.807) is 7.11 Å². The monoisotopic (exact) mass is 221 g/mol. The molecule has 89 valence electrons. The molecule has 0 N–H and O–H groups in total. The lowest BCUT2D eigenvalue weighted by Gasteiger charge is -2.12. The Morgan fingerprint density at radius 1 is 1.19 bits per heavy atom. The summed E-state index contributed by atoms with van der Waals surface area (Å²) in [5, 5.41) is 0. The van der Waals surface area contributed by atoms with Crippen molar-refractivity contribution in [3.05, 3.63) is 42.8 Å². The maximum Gasteiger partial charge on any atom is 0.0598 e. The maximum atomic E-state index is 5.57. The molecule has 1 aromatic carbocycles. The molecule has 1 atom stereocenters. The zero-order chi connectivity index (χ0) is 11.6. The van der Waals surface area contributed by atoms with Crippen LogP contribution in [-0.2, 0) is 15.9 Å². The highest BCUT2D eigenvalue weighted by molar-refractivity contribution is 5.14. The first-order valence-corrected chi connectivity index (χ1v) is 5.80. The summed E-state index contributed by atoms with van der Waals surface area (Å²) in [6.07, 6.45) is 3.03. The summed E-state index contributed by atoms with van der Waals surface area (Å²) in [7, 11) is 1.70. The van der Waals surface area contributed by atoms with Crippen molar-refractivity contribution in [2.24, 2.45) is 0 Å². The van der Waals surface area contributed by atoms with Crippen molar-refractivity contribution in [1.29, 1.82) is 0 Å². The topological polar surface area (TPSA) is 18.5 Å². The number of aryl methyl sites for hydroxylation is 1. The molecule has 2 heteroatoms. The second-order valence-corrected chi connectivity index (χ2v) is 3.86. The minimum Gasteiger partial charge on any atom is -0.385 e. The molecule has 2 nitrogen and oxygen atoms in total. The van der Waals surface area contributed by atoms with Crippen LogP contribution in [0.25, 0.3) is 0 Å². The molecule has 0 aliphatic rings. The zero-order valence-electron chi connectivity index (χ0n) is 10.0. The predicted molar refractivity (Wildman–Crippen MR) is 66.4 cm³/mol. The third-order valence-electron chi connectivity index (χ3n) is 2.45. The number of hydrogen-bond donors (Lipinski definition) is 0. The van der Waals surface area contributed by atoms with Gasteiger partial charge in [-0.1, -0.05) is 30.3 Å². The Morgan fingerprint density at radius 2 is 1.94 bits per heavy atom. The van der Waals surface area contributed by atoms with Crippen molar-refractivity contribution >= 4 is 0 Å². The molecule has 0 saturated carbocycles. The Labute approximate surface area is 98.6 Å². The van der Waals surface area contributed by atoms with Gasteiger partial charge in [0.25, 0.3) is 0 Å². The van der Waals surface area contributed by atoms with E-state index in [1.165, 1.54) is 5.56 Å². The molecule has 0 bridgehead atoms. The fraction of sp³-hybridized carbons (Fsp3) is 0.500. The summed E-state index contributed by atoms with van der Waals surface area (Å²) in [6, 6.07) is 10.5. The van der Waals surface area contributed by atoms with E-state index < -0.39 is 0 Å². The quantitative estimate of drug-likeness (QED) is 0.628.